The average molecular weight is 214 g/mol. The van der Waals surface area contributed by atoms with E-state index in [2.05, 4.69) is 68.9 Å². The summed E-state index contributed by atoms with van der Waals surface area (Å²) in [6, 6.07) is 14.7. The van der Waals surface area contributed by atoms with Gasteiger partial charge in [0, 0.05) is 4.90 Å². The molecule has 2 rings (SSSR count). The molecule has 2 aromatic rings. The first-order valence-corrected chi connectivity index (χ1v) is 5.49. The molecule has 76 valence electrons. The molecule has 1 heteroatoms. The van der Waals surface area contributed by atoms with Crippen LogP contribution in [0.4, 0.5) is 0 Å². The summed E-state index contributed by atoms with van der Waals surface area (Å²) >= 11 is 4.50. The maximum atomic E-state index is 4.50. The first-order valence-electron chi connectivity index (χ1n) is 5.04. The molecule has 0 atom stereocenters. The summed E-state index contributed by atoms with van der Waals surface area (Å²) in [5.41, 5.74) is 5.05. The summed E-state index contributed by atoms with van der Waals surface area (Å²) in [4.78, 5) is 1.04. The Bertz CT molecular complexity index is 486. The maximum absolute atomic E-state index is 4.50. The summed E-state index contributed by atoms with van der Waals surface area (Å²) in [6.45, 7) is 4.24. The van der Waals surface area contributed by atoms with Crippen LogP contribution in [0, 0.1) is 13.8 Å². The lowest BCUT2D eigenvalue weighted by molar-refractivity contribution is 1.35. The summed E-state index contributed by atoms with van der Waals surface area (Å²) < 4.78 is 0. The predicted octanol–water partition coefficient (Wildman–Crippen LogP) is 4.26. The third kappa shape index (κ3) is 2.07. The fourth-order valence-corrected chi connectivity index (χ4v) is 2.00. The highest BCUT2D eigenvalue weighted by molar-refractivity contribution is 7.80. The Morgan fingerprint density at radius 2 is 1.60 bits per heavy atom. The number of hydrogen-bond donors (Lipinski definition) is 1. The van der Waals surface area contributed by atoms with E-state index in [0.29, 0.717) is 0 Å². The molecule has 0 fully saturated rings. The van der Waals surface area contributed by atoms with Crippen molar-refractivity contribution in [1.29, 1.82) is 0 Å². The van der Waals surface area contributed by atoms with Gasteiger partial charge >= 0.3 is 0 Å². The molecular weight excluding hydrogens is 200 g/mol. The van der Waals surface area contributed by atoms with Crippen molar-refractivity contribution >= 4 is 12.6 Å². The van der Waals surface area contributed by atoms with Gasteiger partial charge in [-0.05, 0) is 36.6 Å². The van der Waals surface area contributed by atoms with Gasteiger partial charge in [0.2, 0.25) is 0 Å². The van der Waals surface area contributed by atoms with Gasteiger partial charge in [0.1, 0.15) is 0 Å². The molecule has 0 aliphatic carbocycles. The SMILES string of the molecule is Cc1ccc(S)c(-c2ccccc2C)c1. The molecule has 2 aromatic carbocycles. The Morgan fingerprint density at radius 3 is 2.33 bits per heavy atom. The van der Waals surface area contributed by atoms with E-state index in [4.69, 9.17) is 0 Å². The summed E-state index contributed by atoms with van der Waals surface area (Å²) in [5.74, 6) is 0. The Labute approximate surface area is 96.4 Å². The van der Waals surface area contributed by atoms with Crippen LogP contribution >= 0.6 is 12.6 Å². The van der Waals surface area contributed by atoms with Gasteiger partial charge in [0.15, 0.2) is 0 Å². The number of rotatable bonds is 1. The second kappa shape index (κ2) is 4.11. The van der Waals surface area contributed by atoms with E-state index in [1.165, 1.54) is 22.3 Å². The summed E-state index contributed by atoms with van der Waals surface area (Å²) in [7, 11) is 0. The predicted molar refractivity (Wildman–Crippen MR) is 68.6 cm³/mol. The standard InChI is InChI=1S/C14H14S/c1-10-7-8-14(15)13(9-10)12-6-4-3-5-11(12)2/h3-9,15H,1-2H3. The van der Waals surface area contributed by atoms with Crippen LogP contribution in [-0.2, 0) is 0 Å². The van der Waals surface area contributed by atoms with Crippen molar-refractivity contribution in [2.45, 2.75) is 18.7 Å². The van der Waals surface area contributed by atoms with Gasteiger partial charge < -0.3 is 0 Å². The maximum Gasteiger partial charge on any atom is 0.0119 e. The summed E-state index contributed by atoms with van der Waals surface area (Å²) in [6.07, 6.45) is 0. The summed E-state index contributed by atoms with van der Waals surface area (Å²) in [5, 5.41) is 0. The van der Waals surface area contributed by atoms with Crippen LogP contribution in [0.5, 0.6) is 0 Å². The quantitative estimate of drug-likeness (QED) is 0.674. The zero-order valence-electron chi connectivity index (χ0n) is 8.99. The van der Waals surface area contributed by atoms with Crippen LogP contribution in [0.15, 0.2) is 47.4 Å². The molecule has 0 saturated carbocycles. The highest BCUT2D eigenvalue weighted by Gasteiger charge is 2.04. The monoisotopic (exact) mass is 214 g/mol. The molecule has 0 aliphatic rings. The fraction of sp³-hybridized carbons (Fsp3) is 0.143. The number of aryl methyl sites for hydroxylation is 2. The van der Waals surface area contributed by atoms with E-state index < -0.39 is 0 Å². The second-order valence-corrected chi connectivity index (χ2v) is 4.32. The topological polar surface area (TPSA) is 0 Å². The minimum Gasteiger partial charge on any atom is -0.143 e. The van der Waals surface area contributed by atoms with Crippen LogP contribution in [0.2, 0.25) is 0 Å². The van der Waals surface area contributed by atoms with E-state index in [9.17, 15) is 0 Å². The minimum atomic E-state index is 1.04. The molecule has 15 heavy (non-hydrogen) atoms. The van der Waals surface area contributed by atoms with Gasteiger partial charge in [-0.3, -0.25) is 0 Å². The molecule has 0 bridgehead atoms. The molecule has 0 saturated heterocycles. The third-order valence-electron chi connectivity index (χ3n) is 2.59. The van der Waals surface area contributed by atoms with Crippen molar-refractivity contribution in [2.24, 2.45) is 0 Å². The Morgan fingerprint density at radius 1 is 0.867 bits per heavy atom. The number of hydrogen-bond acceptors (Lipinski definition) is 1. The van der Waals surface area contributed by atoms with Gasteiger partial charge in [-0.1, -0.05) is 42.0 Å². The van der Waals surface area contributed by atoms with Gasteiger partial charge in [-0.2, -0.15) is 0 Å². The van der Waals surface area contributed by atoms with Gasteiger partial charge in [-0.15, -0.1) is 12.6 Å². The molecule has 0 heterocycles. The average Bonchev–Trinajstić information content (AvgIpc) is 2.23. The van der Waals surface area contributed by atoms with E-state index in [0.717, 1.165) is 4.90 Å². The van der Waals surface area contributed by atoms with E-state index in [1.807, 2.05) is 0 Å². The third-order valence-corrected chi connectivity index (χ3v) is 2.98. The lowest BCUT2D eigenvalue weighted by Gasteiger charge is -2.09. The second-order valence-electron chi connectivity index (χ2n) is 3.84. The van der Waals surface area contributed by atoms with Crippen LogP contribution < -0.4 is 0 Å². The molecule has 0 aromatic heterocycles. The van der Waals surface area contributed by atoms with Crippen LogP contribution in [0.1, 0.15) is 11.1 Å². The Balaban J connectivity index is 2.64. The van der Waals surface area contributed by atoms with Crippen molar-refractivity contribution in [3.05, 3.63) is 53.6 Å². The zero-order valence-corrected chi connectivity index (χ0v) is 9.88. The van der Waals surface area contributed by atoms with Crippen molar-refractivity contribution in [2.75, 3.05) is 0 Å². The van der Waals surface area contributed by atoms with Crippen LogP contribution in [-0.4, -0.2) is 0 Å². The van der Waals surface area contributed by atoms with Crippen molar-refractivity contribution in [1.82, 2.24) is 0 Å². The Hall–Kier alpha value is -1.21. The van der Waals surface area contributed by atoms with E-state index >= 15 is 0 Å². The van der Waals surface area contributed by atoms with Crippen molar-refractivity contribution in [3.8, 4) is 11.1 Å². The molecule has 0 N–H and O–H groups in total. The highest BCUT2D eigenvalue weighted by atomic mass is 32.1. The number of benzene rings is 2. The highest BCUT2D eigenvalue weighted by Crippen LogP contribution is 2.29. The lowest BCUT2D eigenvalue weighted by atomic mass is 9.99. The van der Waals surface area contributed by atoms with Crippen LogP contribution in [0.25, 0.3) is 11.1 Å². The first-order chi connectivity index (χ1) is 7.18. The molecule has 0 spiro atoms. The molecule has 0 unspecified atom stereocenters. The zero-order chi connectivity index (χ0) is 10.8. The van der Waals surface area contributed by atoms with Gasteiger partial charge in [0.25, 0.3) is 0 Å². The van der Waals surface area contributed by atoms with Crippen LogP contribution in [0.3, 0.4) is 0 Å². The fourth-order valence-electron chi connectivity index (χ4n) is 1.74. The molecule has 0 aliphatic heterocycles. The lowest BCUT2D eigenvalue weighted by Crippen LogP contribution is -1.85. The van der Waals surface area contributed by atoms with E-state index in [-0.39, 0.29) is 0 Å². The molecule has 0 nitrogen and oxygen atoms in total. The molecule has 0 amide bonds. The Kier molecular flexibility index (Phi) is 2.83. The first kappa shape index (κ1) is 10.3. The largest absolute Gasteiger partial charge is 0.143 e. The van der Waals surface area contributed by atoms with Crippen molar-refractivity contribution < 1.29 is 0 Å². The minimum absolute atomic E-state index is 1.04. The molecule has 0 radical (unpaired) electrons. The number of thiol groups is 1. The molecular formula is C14H14S. The van der Waals surface area contributed by atoms with Gasteiger partial charge in [0.05, 0.1) is 0 Å². The van der Waals surface area contributed by atoms with Gasteiger partial charge in [-0.25, -0.2) is 0 Å². The normalized spacial score (nSPS) is 10.3. The smallest absolute Gasteiger partial charge is 0.0119 e. The van der Waals surface area contributed by atoms with E-state index in [1.54, 1.807) is 0 Å². The van der Waals surface area contributed by atoms with Crippen molar-refractivity contribution in [3.63, 3.8) is 0 Å².